The van der Waals surface area contributed by atoms with Gasteiger partial charge in [0.2, 0.25) is 0 Å². The van der Waals surface area contributed by atoms with Crippen molar-refractivity contribution in [2.45, 2.75) is 45.4 Å². The largest absolute Gasteiger partial charge is 0.356 e. The van der Waals surface area contributed by atoms with Crippen molar-refractivity contribution in [1.82, 2.24) is 15.3 Å². The fourth-order valence-electron chi connectivity index (χ4n) is 3.68. The highest BCUT2D eigenvalue weighted by molar-refractivity contribution is 5.39. The number of hydrogen-bond donors (Lipinski definition) is 2. The molecule has 0 aromatic carbocycles. The predicted octanol–water partition coefficient (Wildman–Crippen LogP) is 1.86. The average Bonchev–Trinajstić information content (AvgIpc) is 2.47. The molecular formula is C16H26N4O. The Morgan fingerprint density at radius 1 is 1.33 bits per heavy atom. The summed E-state index contributed by atoms with van der Waals surface area (Å²) in [4.78, 5) is 21.7. The predicted molar refractivity (Wildman–Crippen MR) is 84.9 cm³/mol. The van der Waals surface area contributed by atoms with Gasteiger partial charge in [-0.1, -0.05) is 13.8 Å². The van der Waals surface area contributed by atoms with E-state index in [-0.39, 0.29) is 11.5 Å². The fraction of sp³-hybridized carbons (Fsp3) is 0.750. The first kappa shape index (κ1) is 14.6. The Hall–Kier alpha value is -1.36. The molecule has 1 aromatic rings. The Morgan fingerprint density at radius 2 is 2.14 bits per heavy atom. The van der Waals surface area contributed by atoms with Crippen LogP contribution in [0.3, 0.4) is 0 Å². The Labute approximate surface area is 126 Å². The van der Waals surface area contributed by atoms with Crippen LogP contribution in [0.15, 0.2) is 10.9 Å². The molecule has 1 atom stereocenters. The van der Waals surface area contributed by atoms with Crippen molar-refractivity contribution in [3.63, 3.8) is 0 Å². The second-order valence-electron chi connectivity index (χ2n) is 6.95. The van der Waals surface area contributed by atoms with Crippen LogP contribution in [0.2, 0.25) is 0 Å². The summed E-state index contributed by atoms with van der Waals surface area (Å²) in [6.07, 6.45) is 5.02. The molecule has 21 heavy (non-hydrogen) atoms. The number of hydrogen-bond acceptors (Lipinski definition) is 4. The number of aromatic amines is 1. The topological polar surface area (TPSA) is 61.0 Å². The lowest BCUT2D eigenvalue weighted by molar-refractivity contribution is 0.173. The van der Waals surface area contributed by atoms with Crippen molar-refractivity contribution in [1.29, 1.82) is 0 Å². The molecule has 2 fully saturated rings. The van der Waals surface area contributed by atoms with Crippen LogP contribution in [0.25, 0.3) is 0 Å². The molecule has 2 aliphatic heterocycles. The van der Waals surface area contributed by atoms with Gasteiger partial charge >= 0.3 is 0 Å². The smallest absolute Gasteiger partial charge is 0.252 e. The Bertz CT molecular complexity index is 540. The van der Waals surface area contributed by atoms with Crippen molar-refractivity contribution in [2.75, 3.05) is 31.1 Å². The Morgan fingerprint density at radius 3 is 2.86 bits per heavy atom. The number of piperidine rings is 2. The molecule has 2 N–H and O–H groups in total. The first-order chi connectivity index (χ1) is 10.1. The molecule has 5 heteroatoms. The summed E-state index contributed by atoms with van der Waals surface area (Å²) in [5, 5.41) is 3.54. The normalized spacial score (nSPS) is 26.5. The van der Waals surface area contributed by atoms with E-state index in [1.807, 2.05) is 0 Å². The van der Waals surface area contributed by atoms with Gasteiger partial charge < -0.3 is 15.2 Å². The molecule has 2 aliphatic rings. The molecule has 1 unspecified atom stereocenters. The summed E-state index contributed by atoms with van der Waals surface area (Å²) in [6.45, 7) is 8.39. The molecule has 1 spiro atoms. The van der Waals surface area contributed by atoms with Crippen LogP contribution in [0.5, 0.6) is 0 Å². The van der Waals surface area contributed by atoms with Gasteiger partial charge in [0.05, 0.1) is 0 Å². The van der Waals surface area contributed by atoms with Gasteiger partial charge in [-0.05, 0) is 32.2 Å². The van der Waals surface area contributed by atoms with Gasteiger partial charge in [0.1, 0.15) is 11.6 Å². The minimum atomic E-state index is -0.0370. The maximum atomic E-state index is 11.9. The third-order valence-electron chi connectivity index (χ3n) is 4.84. The number of aromatic nitrogens is 2. The number of anilines is 1. The summed E-state index contributed by atoms with van der Waals surface area (Å²) in [7, 11) is 0. The zero-order chi connectivity index (χ0) is 14.9. The number of H-pyrrole nitrogens is 1. The zero-order valence-electron chi connectivity index (χ0n) is 13.1. The maximum Gasteiger partial charge on any atom is 0.252 e. The van der Waals surface area contributed by atoms with E-state index in [0.29, 0.717) is 5.41 Å². The SMILES string of the molecule is CC(C)c1nc(N2CCCC3(CCCNC3)C2)cc(=O)[nH]1. The second-order valence-corrected chi connectivity index (χ2v) is 6.95. The summed E-state index contributed by atoms with van der Waals surface area (Å²) in [5.74, 6) is 1.89. The number of nitrogens with zero attached hydrogens (tertiary/aromatic N) is 2. The van der Waals surface area contributed by atoms with Gasteiger partial charge in [-0.25, -0.2) is 4.98 Å². The Kier molecular flexibility index (Phi) is 4.02. The minimum absolute atomic E-state index is 0.0370. The van der Waals surface area contributed by atoms with Crippen LogP contribution >= 0.6 is 0 Å². The number of nitrogens with one attached hydrogen (secondary N) is 2. The summed E-state index contributed by atoms with van der Waals surface area (Å²) >= 11 is 0. The maximum absolute atomic E-state index is 11.9. The highest BCUT2D eigenvalue weighted by Gasteiger charge is 2.37. The van der Waals surface area contributed by atoms with E-state index in [2.05, 4.69) is 34.0 Å². The van der Waals surface area contributed by atoms with Crippen LogP contribution in [0.1, 0.15) is 51.3 Å². The first-order valence-electron chi connectivity index (χ1n) is 8.15. The lowest BCUT2D eigenvalue weighted by Gasteiger charge is -2.45. The molecule has 5 nitrogen and oxygen atoms in total. The van der Waals surface area contributed by atoms with E-state index in [4.69, 9.17) is 0 Å². The van der Waals surface area contributed by atoms with Gasteiger partial charge in [0.25, 0.3) is 5.56 Å². The molecular weight excluding hydrogens is 264 g/mol. The van der Waals surface area contributed by atoms with Crippen molar-refractivity contribution in [2.24, 2.45) is 5.41 Å². The van der Waals surface area contributed by atoms with Crippen molar-refractivity contribution in [3.8, 4) is 0 Å². The lowest BCUT2D eigenvalue weighted by Crippen LogP contribution is -2.51. The molecule has 116 valence electrons. The molecule has 0 bridgehead atoms. The molecule has 3 rings (SSSR count). The zero-order valence-corrected chi connectivity index (χ0v) is 13.1. The van der Waals surface area contributed by atoms with Crippen LogP contribution in [0.4, 0.5) is 5.82 Å². The van der Waals surface area contributed by atoms with Gasteiger partial charge in [0, 0.05) is 37.0 Å². The number of rotatable bonds is 2. The monoisotopic (exact) mass is 290 g/mol. The summed E-state index contributed by atoms with van der Waals surface area (Å²) in [6, 6.07) is 1.65. The van der Waals surface area contributed by atoms with Crippen molar-refractivity contribution in [3.05, 3.63) is 22.2 Å². The van der Waals surface area contributed by atoms with E-state index >= 15 is 0 Å². The molecule has 3 heterocycles. The van der Waals surface area contributed by atoms with Gasteiger partial charge in [-0.3, -0.25) is 4.79 Å². The van der Waals surface area contributed by atoms with Crippen LogP contribution < -0.4 is 15.8 Å². The summed E-state index contributed by atoms with van der Waals surface area (Å²) in [5.41, 5.74) is 0.337. The van der Waals surface area contributed by atoms with E-state index in [1.165, 1.54) is 25.7 Å². The van der Waals surface area contributed by atoms with Crippen LogP contribution in [-0.4, -0.2) is 36.1 Å². The van der Waals surface area contributed by atoms with E-state index in [1.54, 1.807) is 6.07 Å². The van der Waals surface area contributed by atoms with Gasteiger partial charge in [0.15, 0.2) is 0 Å². The highest BCUT2D eigenvalue weighted by Crippen LogP contribution is 2.37. The molecule has 0 radical (unpaired) electrons. The minimum Gasteiger partial charge on any atom is -0.356 e. The van der Waals surface area contributed by atoms with E-state index in [9.17, 15) is 4.79 Å². The van der Waals surface area contributed by atoms with E-state index in [0.717, 1.165) is 37.8 Å². The second kappa shape index (κ2) is 5.79. The third-order valence-corrected chi connectivity index (χ3v) is 4.84. The van der Waals surface area contributed by atoms with Gasteiger partial charge in [-0.2, -0.15) is 0 Å². The average molecular weight is 290 g/mol. The molecule has 0 aliphatic carbocycles. The van der Waals surface area contributed by atoms with Crippen LogP contribution in [0, 0.1) is 5.41 Å². The van der Waals surface area contributed by atoms with Gasteiger partial charge in [-0.15, -0.1) is 0 Å². The Balaban J connectivity index is 1.84. The van der Waals surface area contributed by atoms with E-state index < -0.39 is 0 Å². The third kappa shape index (κ3) is 3.12. The highest BCUT2D eigenvalue weighted by atomic mass is 16.1. The molecule has 1 aromatic heterocycles. The molecule has 0 saturated carbocycles. The standard InChI is InChI=1S/C16H26N4O/c1-12(2)15-18-13(9-14(21)19-15)20-8-4-6-16(11-20)5-3-7-17-10-16/h9,12,17H,3-8,10-11H2,1-2H3,(H,18,19,21). The summed E-state index contributed by atoms with van der Waals surface area (Å²) < 4.78 is 0. The quantitative estimate of drug-likeness (QED) is 0.873. The molecule has 2 saturated heterocycles. The van der Waals surface area contributed by atoms with Crippen molar-refractivity contribution < 1.29 is 0 Å². The first-order valence-corrected chi connectivity index (χ1v) is 8.15. The fourth-order valence-corrected chi connectivity index (χ4v) is 3.68. The van der Waals surface area contributed by atoms with Crippen LogP contribution in [-0.2, 0) is 0 Å². The molecule has 0 amide bonds. The van der Waals surface area contributed by atoms with Crippen molar-refractivity contribution >= 4 is 5.82 Å². The lowest BCUT2D eigenvalue weighted by atomic mass is 9.74.